The fraction of sp³-hybridized carbons (Fsp3) is 0.455. The van der Waals surface area contributed by atoms with Crippen molar-refractivity contribution in [3.05, 3.63) is 29.3 Å². The molecular formula is C22H26N2O6. The Morgan fingerprint density at radius 1 is 1.13 bits per heavy atom. The van der Waals surface area contributed by atoms with Crippen molar-refractivity contribution in [1.29, 1.82) is 5.41 Å². The van der Waals surface area contributed by atoms with Crippen molar-refractivity contribution < 1.29 is 29.1 Å². The number of ketones is 4. The van der Waals surface area contributed by atoms with Gasteiger partial charge in [-0.15, -0.1) is 0 Å². The van der Waals surface area contributed by atoms with Crippen molar-refractivity contribution in [2.75, 3.05) is 11.9 Å². The van der Waals surface area contributed by atoms with E-state index in [9.17, 15) is 24.0 Å². The quantitative estimate of drug-likeness (QED) is 0.256. The SMILES string of the molecule is CC(=O)CCC(C(=O)C=N)C1C(=O)c2cccc(NCCCCCC(=O)O)c2C1=O. The fourth-order valence-corrected chi connectivity index (χ4v) is 3.72. The Hall–Kier alpha value is -3.16. The number of aliphatic carboxylic acids is 1. The summed E-state index contributed by atoms with van der Waals surface area (Å²) in [6, 6.07) is 4.89. The summed E-state index contributed by atoms with van der Waals surface area (Å²) < 4.78 is 0. The molecule has 30 heavy (non-hydrogen) atoms. The molecule has 0 saturated heterocycles. The number of carbonyl (C=O) groups excluding carboxylic acids is 4. The maximum Gasteiger partial charge on any atom is 0.303 e. The molecule has 3 N–H and O–H groups in total. The Morgan fingerprint density at radius 3 is 2.50 bits per heavy atom. The van der Waals surface area contributed by atoms with E-state index in [0.717, 1.165) is 0 Å². The van der Waals surface area contributed by atoms with Gasteiger partial charge in [0.2, 0.25) is 0 Å². The van der Waals surface area contributed by atoms with Gasteiger partial charge in [-0.2, -0.15) is 0 Å². The molecule has 0 heterocycles. The molecule has 0 fully saturated rings. The molecular weight excluding hydrogens is 388 g/mol. The molecule has 0 spiro atoms. The molecule has 0 bridgehead atoms. The zero-order valence-electron chi connectivity index (χ0n) is 16.9. The van der Waals surface area contributed by atoms with E-state index >= 15 is 0 Å². The molecule has 1 aromatic rings. The number of Topliss-reactive ketones (excluding diaryl/α,β-unsaturated/α-hetero) is 4. The van der Waals surface area contributed by atoms with Crippen LogP contribution in [-0.2, 0) is 14.4 Å². The Bertz CT molecular complexity index is 876. The summed E-state index contributed by atoms with van der Waals surface area (Å²) in [7, 11) is 0. The highest BCUT2D eigenvalue weighted by Crippen LogP contribution is 2.37. The molecule has 0 amide bonds. The highest BCUT2D eigenvalue weighted by molar-refractivity contribution is 6.34. The third kappa shape index (κ3) is 5.46. The monoisotopic (exact) mass is 414 g/mol. The summed E-state index contributed by atoms with van der Waals surface area (Å²) in [5.41, 5.74) is 0.981. The maximum atomic E-state index is 13.1. The first-order valence-corrected chi connectivity index (χ1v) is 9.98. The minimum atomic E-state index is -1.22. The van der Waals surface area contributed by atoms with Gasteiger partial charge in [-0.3, -0.25) is 19.2 Å². The number of rotatable bonds is 13. The van der Waals surface area contributed by atoms with Crippen LogP contribution in [0.15, 0.2) is 18.2 Å². The molecule has 0 saturated carbocycles. The van der Waals surface area contributed by atoms with Gasteiger partial charge in [0, 0.05) is 36.6 Å². The topological polar surface area (TPSA) is 141 Å². The zero-order valence-corrected chi connectivity index (χ0v) is 16.9. The maximum absolute atomic E-state index is 13.1. The molecule has 0 aliphatic heterocycles. The molecule has 1 aliphatic rings. The lowest BCUT2D eigenvalue weighted by Gasteiger charge is -2.18. The van der Waals surface area contributed by atoms with Crippen LogP contribution in [0.1, 0.15) is 66.2 Å². The molecule has 0 radical (unpaired) electrons. The molecule has 0 aromatic heterocycles. The molecule has 2 rings (SSSR count). The Kier molecular flexibility index (Phi) is 8.15. The molecule has 1 aliphatic carbocycles. The van der Waals surface area contributed by atoms with E-state index in [-0.39, 0.29) is 36.2 Å². The van der Waals surface area contributed by atoms with E-state index in [1.54, 1.807) is 18.2 Å². The molecule has 8 heteroatoms. The van der Waals surface area contributed by atoms with Gasteiger partial charge in [0.05, 0.1) is 17.7 Å². The fourth-order valence-electron chi connectivity index (χ4n) is 3.72. The van der Waals surface area contributed by atoms with E-state index < -0.39 is 35.2 Å². The number of carbonyl (C=O) groups is 5. The van der Waals surface area contributed by atoms with Gasteiger partial charge in [0.15, 0.2) is 17.3 Å². The number of hydrogen-bond acceptors (Lipinski definition) is 7. The lowest BCUT2D eigenvalue weighted by Crippen LogP contribution is -2.32. The van der Waals surface area contributed by atoms with Gasteiger partial charge in [-0.05, 0) is 32.3 Å². The van der Waals surface area contributed by atoms with Crippen molar-refractivity contribution in [2.45, 2.75) is 45.4 Å². The lowest BCUT2D eigenvalue weighted by atomic mass is 9.81. The van der Waals surface area contributed by atoms with Gasteiger partial charge in [0.1, 0.15) is 5.78 Å². The lowest BCUT2D eigenvalue weighted by molar-refractivity contribution is -0.137. The highest BCUT2D eigenvalue weighted by Gasteiger charge is 2.46. The second-order valence-electron chi connectivity index (χ2n) is 7.46. The average molecular weight is 414 g/mol. The van der Waals surface area contributed by atoms with E-state index in [1.807, 2.05) is 0 Å². The standard InChI is InChI=1S/C22H26N2O6/c1-13(25)9-10-14(17(26)12-23)20-21(29)15-6-5-7-16(19(15)22(20)30)24-11-4-2-3-8-18(27)28/h5-7,12,14,20,23-24H,2-4,8-11H2,1H3,(H,27,28). The predicted octanol–water partition coefficient (Wildman–Crippen LogP) is 2.94. The van der Waals surface area contributed by atoms with Crippen molar-refractivity contribution in [2.24, 2.45) is 11.8 Å². The van der Waals surface area contributed by atoms with Crippen LogP contribution >= 0.6 is 0 Å². The van der Waals surface area contributed by atoms with E-state index in [2.05, 4.69) is 5.32 Å². The van der Waals surface area contributed by atoms with Crippen LogP contribution in [0.2, 0.25) is 0 Å². The summed E-state index contributed by atoms with van der Waals surface area (Å²) in [5.74, 6) is -4.79. The molecule has 2 atom stereocenters. The van der Waals surface area contributed by atoms with Crippen LogP contribution in [0.25, 0.3) is 0 Å². The van der Waals surface area contributed by atoms with Gasteiger partial charge in [-0.1, -0.05) is 18.6 Å². The van der Waals surface area contributed by atoms with Crippen LogP contribution in [0, 0.1) is 17.2 Å². The van der Waals surface area contributed by atoms with Crippen molar-refractivity contribution >= 4 is 41.0 Å². The van der Waals surface area contributed by atoms with E-state index in [0.29, 0.717) is 37.7 Å². The van der Waals surface area contributed by atoms with E-state index in [4.69, 9.17) is 10.5 Å². The van der Waals surface area contributed by atoms with Crippen LogP contribution in [0.5, 0.6) is 0 Å². The van der Waals surface area contributed by atoms with Gasteiger partial charge < -0.3 is 20.6 Å². The van der Waals surface area contributed by atoms with Crippen LogP contribution in [0.4, 0.5) is 5.69 Å². The average Bonchev–Trinajstić information content (AvgIpc) is 2.95. The summed E-state index contributed by atoms with van der Waals surface area (Å²) in [4.78, 5) is 60.2. The summed E-state index contributed by atoms with van der Waals surface area (Å²) in [5, 5.41) is 19.1. The number of nitrogens with one attached hydrogen (secondary N) is 2. The van der Waals surface area contributed by atoms with Crippen molar-refractivity contribution in [3.8, 4) is 0 Å². The Labute approximate surface area is 174 Å². The van der Waals surface area contributed by atoms with Gasteiger partial charge in [0.25, 0.3) is 0 Å². The van der Waals surface area contributed by atoms with Crippen molar-refractivity contribution in [3.63, 3.8) is 0 Å². The third-order valence-corrected chi connectivity index (χ3v) is 5.24. The zero-order chi connectivity index (χ0) is 22.3. The van der Waals surface area contributed by atoms with Crippen molar-refractivity contribution in [1.82, 2.24) is 0 Å². The first-order chi connectivity index (χ1) is 14.3. The number of fused-ring (bicyclic) bond motifs is 1. The van der Waals surface area contributed by atoms with Crippen LogP contribution < -0.4 is 5.32 Å². The smallest absolute Gasteiger partial charge is 0.303 e. The van der Waals surface area contributed by atoms with Crippen LogP contribution in [0.3, 0.4) is 0 Å². The number of anilines is 1. The Balaban J connectivity index is 2.16. The first-order valence-electron chi connectivity index (χ1n) is 9.98. The Morgan fingerprint density at radius 2 is 1.87 bits per heavy atom. The summed E-state index contributed by atoms with van der Waals surface area (Å²) in [6.07, 6.45) is 2.79. The minimum Gasteiger partial charge on any atom is -0.481 e. The largest absolute Gasteiger partial charge is 0.481 e. The predicted molar refractivity (Wildman–Crippen MR) is 110 cm³/mol. The minimum absolute atomic E-state index is 0.0476. The second-order valence-corrected chi connectivity index (χ2v) is 7.46. The molecule has 1 aromatic carbocycles. The molecule has 2 unspecified atom stereocenters. The summed E-state index contributed by atoms with van der Waals surface area (Å²) in [6.45, 7) is 1.88. The first kappa shape index (κ1) is 23.1. The highest BCUT2D eigenvalue weighted by atomic mass is 16.4. The third-order valence-electron chi connectivity index (χ3n) is 5.24. The normalized spacial score (nSPS) is 16.1. The molecule has 160 valence electrons. The van der Waals surface area contributed by atoms with Gasteiger partial charge >= 0.3 is 5.97 Å². The second kappa shape index (κ2) is 10.6. The number of benzene rings is 1. The van der Waals surface area contributed by atoms with E-state index in [1.165, 1.54) is 6.92 Å². The number of hydrogen-bond donors (Lipinski definition) is 3. The number of unbranched alkanes of at least 4 members (excludes halogenated alkanes) is 2. The van der Waals surface area contributed by atoms with Crippen LogP contribution in [-0.4, -0.2) is 47.0 Å². The summed E-state index contributed by atoms with van der Waals surface area (Å²) >= 11 is 0. The number of carboxylic acid groups (broad SMARTS) is 1. The molecule has 8 nitrogen and oxygen atoms in total. The number of carboxylic acids is 1. The van der Waals surface area contributed by atoms with Gasteiger partial charge in [-0.25, -0.2) is 0 Å².